The Balaban J connectivity index is 1.49. The van der Waals surface area contributed by atoms with Crippen LogP contribution in [-0.4, -0.2) is 30.4 Å². The van der Waals surface area contributed by atoms with Crippen LogP contribution in [0.2, 0.25) is 0 Å². The molecule has 8 heteroatoms. The summed E-state index contributed by atoms with van der Waals surface area (Å²) < 4.78 is 18.1. The van der Waals surface area contributed by atoms with E-state index in [4.69, 9.17) is 14.2 Å². The number of rotatable bonds is 13. The van der Waals surface area contributed by atoms with Gasteiger partial charge in [0, 0.05) is 10.9 Å². The third-order valence-corrected chi connectivity index (χ3v) is 5.73. The number of hydrazone groups is 1. The van der Waals surface area contributed by atoms with E-state index in [1.165, 1.54) is 0 Å². The molecule has 2 N–H and O–H groups in total. The average Bonchev–Trinajstić information content (AvgIpc) is 2.88. The molecule has 0 unspecified atom stereocenters. The van der Waals surface area contributed by atoms with E-state index in [2.05, 4.69) is 26.5 Å². The molecule has 36 heavy (non-hydrogen) atoms. The Morgan fingerprint density at radius 2 is 1.69 bits per heavy atom. The van der Waals surface area contributed by atoms with Gasteiger partial charge in [0.1, 0.15) is 12.4 Å². The molecular formula is C28H31BrN2O5. The first-order valence-electron chi connectivity index (χ1n) is 11.8. The van der Waals surface area contributed by atoms with Crippen molar-refractivity contribution in [2.45, 2.75) is 39.4 Å². The van der Waals surface area contributed by atoms with Crippen molar-refractivity contribution in [2.24, 2.45) is 5.10 Å². The van der Waals surface area contributed by atoms with Crippen LogP contribution in [0.3, 0.4) is 0 Å². The smallest absolute Gasteiger partial charge is 0.240 e. The summed E-state index contributed by atoms with van der Waals surface area (Å²) in [5, 5.41) is 14.4. The zero-order chi connectivity index (χ0) is 25.8. The Bertz CT molecular complexity index is 1130. The Morgan fingerprint density at radius 1 is 0.972 bits per heavy atom. The van der Waals surface area contributed by atoms with Crippen molar-refractivity contribution in [3.8, 4) is 17.2 Å². The average molecular weight is 555 g/mol. The molecule has 0 aliphatic heterocycles. The maximum atomic E-state index is 12.2. The molecule has 3 aromatic carbocycles. The summed E-state index contributed by atoms with van der Waals surface area (Å²) in [7, 11) is 0. The molecule has 0 fully saturated rings. The van der Waals surface area contributed by atoms with E-state index in [1.807, 2.05) is 56.3 Å². The number of nitrogens with zero attached hydrogens (tertiary/aromatic N) is 1. The lowest BCUT2D eigenvalue weighted by atomic mass is 10.0. The first-order chi connectivity index (χ1) is 17.5. The van der Waals surface area contributed by atoms with Crippen molar-refractivity contribution in [3.63, 3.8) is 0 Å². The molecule has 0 aliphatic rings. The summed E-state index contributed by atoms with van der Waals surface area (Å²) in [6, 6.07) is 20.6. The maximum absolute atomic E-state index is 12.2. The first-order valence-corrected chi connectivity index (χ1v) is 12.6. The summed E-state index contributed by atoms with van der Waals surface area (Å²) in [5.74, 6) is 1.69. The number of hydrogen-bond donors (Lipinski definition) is 2. The molecule has 3 aromatic rings. The molecule has 0 radical (unpaired) electrons. The van der Waals surface area contributed by atoms with Gasteiger partial charge in [-0.05, 0) is 79.4 Å². The Kier molecular flexibility index (Phi) is 10.8. The lowest BCUT2D eigenvalue weighted by Crippen LogP contribution is -2.18. The van der Waals surface area contributed by atoms with Gasteiger partial charge in [-0.1, -0.05) is 40.2 Å². The molecule has 0 aromatic heterocycles. The van der Waals surface area contributed by atoms with Crippen LogP contribution in [-0.2, 0) is 11.4 Å². The fourth-order valence-electron chi connectivity index (χ4n) is 3.36. The fraction of sp³-hybridized carbons (Fsp3) is 0.286. The molecule has 1 atom stereocenters. The molecule has 1 amide bonds. The predicted molar refractivity (Wildman–Crippen MR) is 144 cm³/mol. The summed E-state index contributed by atoms with van der Waals surface area (Å²) in [6.45, 7) is 5.31. The van der Waals surface area contributed by atoms with Crippen LogP contribution in [0.5, 0.6) is 17.2 Å². The molecule has 0 saturated carbocycles. The number of benzene rings is 3. The van der Waals surface area contributed by atoms with Gasteiger partial charge in [-0.3, -0.25) is 4.79 Å². The van der Waals surface area contributed by atoms with E-state index in [0.29, 0.717) is 31.3 Å². The van der Waals surface area contributed by atoms with Gasteiger partial charge < -0.3 is 19.3 Å². The fourth-order valence-corrected chi connectivity index (χ4v) is 3.62. The normalized spacial score (nSPS) is 11.8. The summed E-state index contributed by atoms with van der Waals surface area (Å²) in [5.41, 5.74) is 5.04. The molecule has 7 nitrogen and oxygen atoms in total. The van der Waals surface area contributed by atoms with Crippen molar-refractivity contribution < 1.29 is 24.1 Å². The third-order valence-electron chi connectivity index (χ3n) is 5.20. The Morgan fingerprint density at radius 3 is 2.39 bits per heavy atom. The van der Waals surface area contributed by atoms with E-state index < -0.39 is 6.10 Å². The van der Waals surface area contributed by atoms with Gasteiger partial charge in [-0.2, -0.15) is 5.10 Å². The second-order valence-corrected chi connectivity index (χ2v) is 8.82. The van der Waals surface area contributed by atoms with Crippen molar-refractivity contribution in [2.75, 3.05) is 13.2 Å². The van der Waals surface area contributed by atoms with Crippen LogP contribution in [0.25, 0.3) is 0 Å². The number of carbonyl (C=O) groups excluding carboxylic acids is 1. The highest BCUT2D eigenvalue weighted by atomic mass is 79.9. The number of carbonyl (C=O) groups is 1. The van der Waals surface area contributed by atoms with Crippen molar-refractivity contribution in [3.05, 3.63) is 87.9 Å². The lowest BCUT2D eigenvalue weighted by Gasteiger charge is -2.13. The number of amides is 1. The number of aliphatic hydroxyl groups excluding tert-OH is 1. The summed E-state index contributed by atoms with van der Waals surface area (Å²) >= 11 is 3.43. The highest BCUT2D eigenvalue weighted by molar-refractivity contribution is 9.10. The molecule has 0 saturated heterocycles. The van der Waals surface area contributed by atoms with E-state index in [1.54, 1.807) is 30.5 Å². The minimum absolute atomic E-state index is 0.138. The van der Waals surface area contributed by atoms with Crippen molar-refractivity contribution in [1.29, 1.82) is 0 Å². The number of nitrogens with one attached hydrogen (secondary N) is 1. The standard InChI is InChI=1S/C28H31BrN2O5/c1-3-34-24-12-8-22(9-13-24)25(32)14-16-28(33)31-30-18-21-7-15-26(27(17-21)35-4-2)36-19-20-5-10-23(29)11-6-20/h5-13,15,17-18,25,32H,3-4,14,16,19H2,1-2H3,(H,31,33)/b30-18-/t25-/m0/s1. The second kappa shape index (κ2) is 14.3. The maximum Gasteiger partial charge on any atom is 0.240 e. The van der Waals surface area contributed by atoms with Crippen LogP contribution >= 0.6 is 15.9 Å². The molecular weight excluding hydrogens is 524 g/mol. The Labute approximate surface area is 220 Å². The van der Waals surface area contributed by atoms with E-state index in [0.717, 1.165) is 26.9 Å². The molecule has 0 aliphatic carbocycles. The predicted octanol–water partition coefficient (Wildman–Crippen LogP) is 5.79. The number of ether oxygens (including phenoxy) is 3. The van der Waals surface area contributed by atoms with Gasteiger partial charge in [0.25, 0.3) is 0 Å². The first kappa shape index (κ1) is 27.2. The van der Waals surface area contributed by atoms with Gasteiger partial charge in [0.05, 0.1) is 25.5 Å². The third kappa shape index (κ3) is 8.70. The highest BCUT2D eigenvalue weighted by Crippen LogP contribution is 2.29. The van der Waals surface area contributed by atoms with Crippen LogP contribution in [0.4, 0.5) is 0 Å². The summed E-state index contributed by atoms with van der Waals surface area (Å²) in [4.78, 5) is 12.2. The van der Waals surface area contributed by atoms with Crippen molar-refractivity contribution in [1.82, 2.24) is 5.43 Å². The monoisotopic (exact) mass is 554 g/mol. The minimum atomic E-state index is -0.742. The quantitative estimate of drug-likeness (QED) is 0.206. The number of hydrogen-bond acceptors (Lipinski definition) is 6. The molecule has 190 valence electrons. The van der Waals surface area contributed by atoms with E-state index in [-0.39, 0.29) is 18.7 Å². The van der Waals surface area contributed by atoms with E-state index in [9.17, 15) is 9.90 Å². The molecule has 0 spiro atoms. The van der Waals surface area contributed by atoms with Gasteiger partial charge in [0.15, 0.2) is 11.5 Å². The van der Waals surface area contributed by atoms with Gasteiger partial charge in [-0.25, -0.2) is 5.43 Å². The summed E-state index contributed by atoms with van der Waals surface area (Å²) in [6.07, 6.45) is 1.23. The van der Waals surface area contributed by atoms with Crippen LogP contribution in [0.15, 0.2) is 76.3 Å². The zero-order valence-corrected chi connectivity index (χ0v) is 22.0. The SMILES string of the molecule is CCOc1ccc([C@@H](O)CCC(=O)N/N=C\c2ccc(OCc3ccc(Br)cc3)c(OCC)c2)cc1. The van der Waals surface area contributed by atoms with Crippen molar-refractivity contribution >= 4 is 28.1 Å². The van der Waals surface area contributed by atoms with Crippen LogP contribution in [0, 0.1) is 0 Å². The largest absolute Gasteiger partial charge is 0.494 e. The van der Waals surface area contributed by atoms with Gasteiger partial charge >= 0.3 is 0 Å². The number of aliphatic hydroxyl groups is 1. The molecule has 0 bridgehead atoms. The van der Waals surface area contributed by atoms with Crippen LogP contribution in [0.1, 0.15) is 49.5 Å². The second-order valence-electron chi connectivity index (χ2n) is 7.90. The van der Waals surface area contributed by atoms with Gasteiger partial charge in [0.2, 0.25) is 5.91 Å². The zero-order valence-electron chi connectivity index (χ0n) is 20.4. The highest BCUT2D eigenvalue weighted by Gasteiger charge is 2.11. The van der Waals surface area contributed by atoms with E-state index >= 15 is 0 Å². The number of halogens is 1. The Hall–Kier alpha value is -3.36. The topological polar surface area (TPSA) is 89.4 Å². The minimum Gasteiger partial charge on any atom is -0.494 e. The molecule has 0 heterocycles. The van der Waals surface area contributed by atoms with Crippen LogP contribution < -0.4 is 19.6 Å². The lowest BCUT2D eigenvalue weighted by molar-refractivity contribution is -0.121. The van der Waals surface area contributed by atoms with Gasteiger partial charge in [-0.15, -0.1) is 0 Å². The molecule has 3 rings (SSSR count).